The predicted octanol–water partition coefficient (Wildman–Crippen LogP) is 2.61. The van der Waals surface area contributed by atoms with Crippen molar-refractivity contribution in [1.82, 2.24) is 14.9 Å². The van der Waals surface area contributed by atoms with E-state index in [0.29, 0.717) is 23.9 Å². The number of aromatic nitrogens is 2. The van der Waals surface area contributed by atoms with Crippen LogP contribution in [0.2, 0.25) is 5.02 Å². The number of halogens is 2. The van der Waals surface area contributed by atoms with Crippen molar-refractivity contribution >= 4 is 17.5 Å². The average Bonchev–Trinajstić information content (AvgIpc) is 3.14. The normalized spacial score (nSPS) is 20.7. The first-order valence-corrected chi connectivity index (χ1v) is 7.75. The molecule has 23 heavy (non-hydrogen) atoms. The van der Waals surface area contributed by atoms with Crippen LogP contribution in [-0.2, 0) is 23.1 Å². The van der Waals surface area contributed by atoms with Gasteiger partial charge in [-0.1, -0.05) is 17.7 Å². The second-order valence-electron chi connectivity index (χ2n) is 5.50. The number of rotatable bonds is 4. The summed E-state index contributed by atoms with van der Waals surface area (Å²) < 4.78 is 21.3. The number of amides is 1. The van der Waals surface area contributed by atoms with E-state index in [2.05, 4.69) is 10.3 Å². The van der Waals surface area contributed by atoms with Crippen molar-refractivity contribution < 1.29 is 13.9 Å². The van der Waals surface area contributed by atoms with E-state index >= 15 is 0 Å². The molecule has 2 heterocycles. The molecule has 1 N–H and O–H groups in total. The number of imidazole rings is 1. The van der Waals surface area contributed by atoms with E-state index < -0.39 is 5.82 Å². The van der Waals surface area contributed by atoms with Crippen molar-refractivity contribution in [2.24, 2.45) is 13.0 Å². The molecule has 1 saturated heterocycles. The number of carbonyl (C=O) groups excluding carboxylic acids is 1. The van der Waals surface area contributed by atoms with Gasteiger partial charge in [0.1, 0.15) is 17.7 Å². The molecule has 0 bridgehead atoms. The third-order valence-corrected chi connectivity index (χ3v) is 4.40. The monoisotopic (exact) mass is 337 g/mol. The lowest BCUT2D eigenvalue weighted by molar-refractivity contribution is -0.127. The molecule has 1 aliphatic rings. The van der Waals surface area contributed by atoms with Gasteiger partial charge in [-0.05, 0) is 18.6 Å². The molecule has 0 radical (unpaired) electrons. The fraction of sp³-hybridized carbons (Fsp3) is 0.375. The molecule has 1 amide bonds. The maximum absolute atomic E-state index is 13.8. The Labute approximate surface area is 138 Å². The van der Waals surface area contributed by atoms with E-state index in [-0.39, 0.29) is 30.0 Å². The summed E-state index contributed by atoms with van der Waals surface area (Å²) in [5.41, 5.74) is 0.287. The zero-order chi connectivity index (χ0) is 16.4. The maximum Gasteiger partial charge on any atom is 0.226 e. The lowest BCUT2D eigenvalue weighted by Gasteiger charge is -2.18. The molecule has 7 heteroatoms. The zero-order valence-electron chi connectivity index (χ0n) is 12.6. The molecule has 0 aliphatic carbocycles. The maximum atomic E-state index is 13.8. The van der Waals surface area contributed by atoms with Gasteiger partial charge in [0, 0.05) is 43.2 Å². The van der Waals surface area contributed by atoms with Crippen LogP contribution in [0.15, 0.2) is 30.6 Å². The Hall–Kier alpha value is -1.92. The largest absolute Gasteiger partial charge is 0.369 e. The predicted molar refractivity (Wildman–Crippen MR) is 83.3 cm³/mol. The molecule has 0 spiro atoms. The van der Waals surface area contributed by atoms with Crippen LogP contribution in [0.4, 0.5) is 4.39 Å². The lowest BCUT2D eigenvalue weighted by atomic mass is 9.99. The highest BCUT2D eigenvalue weighted by Gasteiger charge is 2.37. The van der Waals surface area contributed by atoms with Crippen LogP contribution in [0.1, 0.15) is 23.9 Å². The van der Waals surface area contributed by atoms with Gasteiger partial charge < -0.3 is 14.6 Å². The second kappa shape index (κ2) is 6.68. The van der Waals surface area contributed by atoms with Crippen LogP contribution < -0.4 is 5.32 Å². The topological polar surface area (TPSA) is 56.2 Å². The van der Waals surface area contributed by atoms with Crippen LogP contribution in [0, 0.1) is 11.7 Å². The minimum Gasteiger partial charge on any atom is -0.369 e. The Morgan fingerprint density at radius 2 is 2.39 bits per heavy atom. The molecular formula is C16H17ClFN3O2. The third kappa shape index (κ3) is 3.23. The van der Waals surface area contributed by atoms with Gasteiger partial charge in [-0.15, -0.1) is 0 Å². The molecule has 2 aromatic rings. The number of nitrogens with one attached hydrogen (secondary N) is 1. The van der Waals surface area contributed by atoms with Crippen molar-refractivity contribution in [2.75, 3.05) is 6.61 Å². The molecule has 1 aromatic heterocycles. The highest BCUT2D eigenvalue weighted by molar-refractivity contribution is 6.31. The molecule has 3 rings (SSSR count). The number of hydrogen-bond acceptors (Lipinski definition) is 3. The molecule has 122 valence electrons. The fourth-order valence-electron chi connectivity index (χ4n) is 2.77. The number of aryl methyl sites for hydroxylation is 1. The quantitative estimate of drug-likeness (QED) is 0.933. The summed E-state index contributed by atoms with van der Waals surface area (Å²) in [6.07, 6.45) is 3.70. The summed E-state index contributed by atoms with van der Waals surface area (Å²) >= 11 is 5.97. The van der Waals surface area contributed by atoms with Gasteiger partial charge in [-0.2, -0.15) is 0 Å². The Kier molecular flexibility index (Phi) is 4.63. The Bertz CT molecular complexity index is 699. The van der Waals surface area contributed by atoms with Gasteiger partial charge in [0.05, 0.1) is 5.92 Å². The van der Waals surface area contributed by atoms with Crippen LogP contribution in [-0.4, -0.2) is 22.1 Å². The van der Waals surface area contributed by atoms with Gasteiger partial charge in [0.15, 0.2) is 0 Å². The zero-order valence-corrected chi connectivity index (χ0v) is 13.4. The summed E-state index contributed by atoms with van der Waals surface area (Å²) in [5, 5.41) is 3.05. The van der Waals surface area contributed by atoms with Crippen molar-refractivity contribution in [1.29, 1.82) is 0 Å². The van der Waals surface area contributed by atoms with Crippen LogP contribution in [0.3, 0.4) is 0 Å². The highest BCUT2D eigenvalue weighted by atomic mass is 35.5. The molecule has 5 nitrogen and oxygen atoms in total. The molecule has 1 fully saturated rings. The van der Waals surface area contributed by atoms with Gasteiger partial charge in [0.25, 0.3) is 0 Å². The van der Waals surface area contributed by atoms with E-state index in [1.165, 1.54) is 12.1 Å². The number of hydrogen-bond donors (Lipinski definition) is 1. The van der Waals surface area contributed by atoms with Crippen LogP contribution >= 0.6 is 11.6 Å². The first kappa shape index (κ1) is 16.0. The SMILES string of the molecule is Cn1ccnc1[C@@H]1OCC[C@H]1C(=O)NCc1c(F)cccc1Cl. The third-order valence-electron chi connectivity index (χ3n) is 4.04. The van der Waals surface area contributed by atoms with E-state index in [9.17, 15) is 9.18 Å². The van der Waals surface area contributed by atoms with Crippen LogP contribution in [0.25, 0.3) is 0 Å². The molecule has 2 atom stereocenters. The van der Waals surface area contributed by atoms with Crippen molar-refractivity contribution in [2.45, 2.75) is 19.1 Å². The first-order valence-electron chi connectivity index (χ1n) is 7.37. The standard InChI is InChI=1S/C16H17ClFN3O2/c1-21-7-6-19-15(21)14-10(5-8-23-14)16(22)20-9-11-12(17)3-2-4-13(11)18/h2-4,6-7,10,14H,5,8-9H2,1H3,(H,20,22)/t10-,14-/m1/s1. The van der Waals surface area contributed by atoms with Crippen molar-refractivity contribution in [3.05, 3.63) is 52.8 Å². The van der Waals surface area contributed by atoms with Crippen molar-refractivity contribution in [3.63, 3.8) is 0 Å². The van der Waals surface area contributed by atoms with Gasteiger partial charge in [-0.25, -0.2) is 9.37 Å². The van der Waals surface area contributed by atoms with Gasteiger partial charge in [-0.3, -0.25) is 4.79 Å². The molecule has 0 saturated carbocycles. The van der Waals surface area contributed by atoms with E-state index in [4.69, 9.17) is 16.3 Å². The number of nitrogens with zero attached hydrogens (tertiary/aromatic N) is 2. The average molecular weight is 338 g/mol. The van der Waals surface area contributed by atoms with Gasteiger partial charge >= 0.3 is 0 Å². The Balaban J connectivity index is 1.69. The lowest BCUT2D eigenvalue weighted by Crippen LogP contribution is -2.33. The minimum atomic E-state index is -0.430. The summed E-state index contributed by atoms with van der Waals surface area (Å²) in [5.74, 6) is -0.246. The summed E-state index contributed by atoms with van der Waals surface area (Å²) in [6.45, 7) is 0.546. The summed E-state index contributed by atoms with van der Waals surface area (Å²) in [4.78, 5) is 16.7. The fourth-order valence-corrected chi connectivity index (χ4v) is 3.00. The van der Waals surface area contributed by atoms with Crippen LogP contribution in [0.5, 0.6) is 0 Å². The van der Waals surface area contributed by atoms with Crippen molar-refractivity contribution in [3.8, 4) is 0 Å². The highest BCUT2D eigenvalue weighted by Crippen LogP contribution is 2.33. The smallest absolute Gasteiger partial charge is 0.226 e. The molecular weight excluding hydrogens is 321 g/mol. The first-order chi connectivity index (χ1) is 11.1. The second-order valence-corrected chi connectivity index (χ2v) is 5.91. The number of carbonyl (C=O) groups is 1. The summed E-state index contributed by atoms with van der Waals surface area (Å²) in [6, 6.07) is 4.45. The van der Waals surface area contributed by atoms with E-state index in [0.717, 1.165) is 0 Å². The number of ether oxygens (including phenoxy) is 1. The van der Waals surface area contributed by atoms with Gasteiger partial charge in [0.2, 0.25) is 5.91 Å². The minimum absolute atomic E-state index is 0.0497. The van der Waals surface area contributed by atoms with E-state index in [1.54, 1.807) is 12.3 Å². The summed E-state index contributed by atoms with van der Waals surface area (Å²) in [7, 11) is 1.86. The number of benzene rings is 1. The Morgan fingerprint density at radius 1 is 1.57 bits per heavy atom. The molecule has 0 unspecified atom stereocenters. The Morgan fingerprint density at radius 3 is 3.09 bits per heavy atom. The molecule has 1 aromatic carbocycles. The van der Waals surface area contributed by atoms with E-state index in [1.807, 2.05) is 17.8 Å². The molecule has 1 aliphatic heterocycles.